The number of benzene rings is 9. The van der Waals surface area contributed by atoms with E-state index < -0.39 is 0 Å². The molecule has 244 valence electrons. The van der Waals surface area contributed by atoms with Crippen LogP contribution < -0.4 is 4.90 Å². The molecule has 0 saturated heterocycles. The maximum Gasteiger partial charge on any atom is 0.136 e. The zero-order chi connectivity index (χ0) is 34.4. The van der Waals surface area contributed by atoms with Gasteiger partial charge < -0.3 is 9.32 Å². The maximum atomic E-state index is 6.20. The largest absolute Gasteiger partial charge is 0.456 e. The van der Waals surface area contributed by atoms with Crippen molar-refractivity contribution in [3.05, 3.63) is 200 Å². The molecule has 2 heteroatoms. The normalized spacial score (nSPS) is 11.5. The van der Waals surface area contributed by atoms with Crippen LogP contribution in [0, 0.1) is 0 Å². The second-order valence-corrected chi connectivity index (χ2v) is 13.3. The fourth-order valence-electron chi connectivity index (χ4n) is 7.69. The third-order valence-electron chi connectivity index (χ3n) is 10.3. The fourth-order valence-corrected chi connectivity index (χ4v) is 7.69. The van der Waals surface area contributed by atoms with E-state index in [0.717, 1.165) is 44.6 Å². The Morgan fingerprint density at radius 1 is 0.308 bits per heavy atom. The number of hydrogen-bond donors (Lipinski definition) is 0. The summed E-state index contributed by atoms with van der Waals surface area (Å²) >= 11 is 0. The summed E-state index contributed by atoms with van der Waals surface area (Å²) in [6, 6.07) is 71.7. The SMILES string of the molecule is c1ccc2cc(N(c3ccc(-c4ccc(-c5cccc6ccccc56)cc4)cc3)c3ccc(-c4cccc5oc6ccccc6c45)cc3)ccc2c1. The number of nitrogens with zero attached hydrogens (tertiary/aromatic N) is 1. The van der Waals surface area contributed by atoms with Gasteiger partial charge in [0.15, 0.2) is 0 Å². The summed E-state index contributed by atoms with van der Waals surface area (Å²) < 4.78 is 6.20. The lowest BCUT2D eigenvalue weighted by Gasteiger charge is -2.26. The van der Waals surface area contributed by atoms with Gasteiger partial charge in [0.25, 0.3) is 0 Å². The van der Waals surface area contributed by atoms with E-state index in [9.17, 15) is 0 Å². The topological polar surface area (TPSA) is 16.4 Å². The Hall–Kier alpha value is -6.90. The second-order valence-electron chi connectivity index (χ2n) is 13.3. The van der Waals surface area contributed by atoms with Crippen LogP contribution in [0.15, 0.2) is 205 Å². The molecule has 0 aliphatic rings. The molecule has 0 aliphatic carbocycles. The standard InChI is InChI=1S/C50H33NO/c1-2-11-40-33-43(32-25-34(40)9-1)51(42-30-26-39(27-31-42)46-16-8-18-49-50(46)47-14-5-6-17-48(47)52-49)41-28-23-36(24-29-41)35-19-21-38(22-20-35)45-15-7-12-37-10-3-4-13-44(37)45/h1-33H. The van der Waals surface area contributed by atoms with Crippen molar-refractivity contribution in [1.29, 1.82) is 0 Å². The van der Waals surface area contributed by atoms with Gasteiger partial charge in [-0.25, -0.2) is 0 Å². The van der Waals surface area contributed by atoms with Crippen molar-refractivity contribution in [3.8, 4) is 33.4 Å². The van der Waals surface area contributed by atoms with E-state index >= 15 is 0 Å². The number of rotatable bonds is 6. The quantitative estimate of drug-likeness (QED) is 0.176. The first-order valence-corrected chi connectivity index (χ1v) is 17.8. The molecule has 52 heavy (non-hydrogen) atoms. The zero-order valence-corrected chi connectivity index (χ0v) is 28.4. The molecule has 0 atom stereocenters. The van der Waals surface area contributed by atoms with Crippen molar-refractivity contribution >= 4 is 60.5 Å². The first kappa shape index (κ1) is 30.0. The Balaban J connectivity index is 1.02. The third-order valence-corrected chi connectivity index (χ3v) is 10.3. The lowest BCUT2D eigenvalue weighted by Crippen LogP contribution is -2.09. The Labute approximate surface area is 302 Å². The van der Waals surface area contributed by atoms with Crippen LogP contribution in [0.4, 0.5) is 17.1 Å². The average Bonchev–Trinajstić information content (AvgIpc) is 3.60. The predicted molar refractivity (Wildman–Crippen MR) is 220 cm³/mol. The molecule has 0 aliphatic heterocycles. The van der Waals surface area contributed by atoms with Gasteiger partial charge in [0, 0.05) is 27.8 Å². The molecule has 1 heterocycles. The molecule has 0 radical (unpaired) electrons. The number of furan rings is 1. The minimum absolute atomic E-state index is 0.906. The molecular weight excluding hydrogens is 631 g/mol. The summed E-state index contributed by atoms with van der Waals surface area (Å²) in [6.45, 7) is 0. The van der Waals surface area contributed by atoms with Crippen LogP contribution >= 0.6 is 0 Å². The van der Waals surface area contributed by atoms with E-state index in [2.05, 4.69) is 193 Å². The number of para-hydroxylation sites is 1. The van der Waals surface area contributed by atoms with Gasteiger partial charge in [0.05, 0.1) is 0 Å². The van der Waals surface area contributed by atoms with Gasteiger partial charge in [-0.15, -0.1) is 0 Å². The summed E-state index contributed by atoms with van der Waals surface area (Å²) in [4.78, 5) is 2.34. The smallest absolute Gasteiger partial charge is 0.136 e. The summed E-state index contributed by atoms with van der Waals surface area (Å²) in [6.07, 6.45) is 0. The molecule has 9 aromatic carbocycles. The first-order chi connectivity index (χ1) is 25.8. The van der Waals surface area contributed by atoms with Crippen LogP contribution in [0.25, 0.3) is 76.9 Å². The molecule has 0 unspecified atom stereocenters. The molecule has 1 aromatic heterocycles. The Morgan fingerprint density at radius 3 is 1.58 bits per heavy atom. The maximum absolute atomic E-state index is 6.20. The van der Waals surface area contributed by atoms with Crippen LogP contribution in [0.2, 0.25) is 0 Å². The molecule has 10 rings (SSSR count). The molecule has 0 bridgehead atoms. The van der Waals surface area contributed by atoms with Crippen molar-refractivity contribution in [1.82, 2.24) is 0 Å². The van der Waals surface area contributed by atoms with E-state index in [-0.39, 0.29) is 0 Å². The van der Waals surface area contributed by atoms with Crippen molar-refractivity contribution in [2.24, 2.45) is 0 Å². The minimum Gasteiger partial charge on any atom is -0.456 e. The van der Waals surface area contributed by atoms with Crippen molar-refractivity contribution in [2.45, 2.75) is 0 Å². The van der Waals surface area contributed by atoms with Gasteiger partial charge in [0.2, 0.25) is 0 Å². The molecule has 0 spiro atoms. The summed E-state index contributed by atoms with van der Waals surface area (Å²) in [5.74, 6) is 0. The Morgan fingerprint density at radius 2 is 0.808 bits per heavy atom. The molecule has 10 aromatic rings. The highest BCUT2D eigenvalue weighted by Gasteiger charge is 2.16. The monoisotopic (exact) mass is 663 g/mol. The molecule has 0 fully saturated rings. The third kappa shape index (κ3) is 5.21. The van der Waals surface area contributed by atoms with Crippen LogP contribution in [0.3, 0.4) is 0 Å². The lowest BCUT2D eigenvalue weighted by atomic mass is 9.96. The fraction of sp³-hybridized carbons (Fsp3) is 0. The minimum atomic E-state index is 0.906. The molecule has 0 amide bonds. The molecule has 0 saturated carbocycles. The van der Waals surface area contributed by atoms with Gasteiger partial charge >= 0.3 is 0 Å². The van der Waals surface area contributed by atoms with Gasteiger partial charge in [0.1, 0.15) is 11.2 Å². The second kappa shape index (κ2) is 12.5. The highest BCUT2D eigenvalue weighted by molar-refractivity contribution is 6.12. The van der Waals surface area contributed by atoms with Crippen molar-refractivity contribution < 1.29 is 4.42 Å². The van der Waals surface area contributed by atoms with Gasteiger partial charge in [-0.1, -0.05) is 152 Å². The van der Waals surface area contributed by atoms with E-state index in [0.29, 0.717) is 0 Å². The number of hydrogen-bond acceptors (Lipinski definition) is 2. The van der Waals surface area contributed by atoms with Crippen molar-refractivity contribution in [3.63, 3.8) is 0 Å². The van der Waals surface area contributed by atoms with Crippen molar-refractivity contribution in [2.75, 3.05) is 4.90 Å². The number of fused-ring (bicyclic) bond motifs is 5. The summed E-state index contributed by atoms with van der Waals surface area (Å²) in [7, 11) is 0. The van der Waals surface area contributed by atoms with Crippen LogP contribution in [0.1, 0.15) is 0 Å². The van der Waals surface area contributed by atoms with Gasteiger partial charge in [-0.2, -0.15) is 0 Å². The summed E-state index contributed by atoms with van der Waals surface area (Å²) in [5, 5.41) is 7.26. The highest BCUT2D eigenvalue weighted by Crippen LogP contribution is 2.41. The van der Waals surface area contributed by atoms with E-state index in [1.165, 1.54) is 49.4 Å². The highest BCUT2D eigenvalue weighted by atomic mass is 16.3. The van der Waals surface area contributed by atoms with Gasteiger partial charge in [-0.05, 0) is 103 Å². The Kier molecular flexibility index (Phi) is 7.18. The van der Waals surface area contributed by atoms with E-state index in [4.69, 9.17) is 4.42 Å². The predicted octanol–water partition coefficient (Wildman–Crippen LogP) is 14.4. The van der Waals surface area contributed by atoms with Crippen LogP contribution in [-0.2, 0) is 0 Å². The number of anilines is 3. The Bertz CT molecular complexity index is 2880. The van der Waals surface area contributed by atoms with E-state index in [1.54, 1.807) is 0 Å². The molecule has 0 N–H and O–H groups in total. The first-order valence-electron chi connectivity index (χ1n) is 17.8. The molecular formula is C50H33NO. The summed E-state index contributed by atoms with van der Waals surface area (Å²) in [5.41, 5.74) is 12.3. The van der Waals surface area contributed by atoms with Gasteiger partial charge in [-0.3, -0.25) is 0 Å². The molecule has 2 nitrogen and oxygen atoms in total. The lowest BCUT2D eigenvalue weighted by molar-refractivity contribution is 0.669. The van der Waals surface area contributed by atoms with Crippen LogP contribution in [0.5, 0.6) is 0 Å². The zero-order valence-electron chi connectivity index (χ0n) is 28.4. The van der Waals surface area contributed by atoms with Crippen LogP contribution in [-0.4, -0.2) is 0 Å². The average molecular weight is 664 g/mol. The van der Waals surface area contributed by atoms with E-state index in [1.807, 2.05) is 12.1 Å².